The third kappa shape index (κ3) is 2.74. The van der Waals surface area contributed by atoms with Gasteiger partial charge in [0.15, 0.2) is 0 Å². The minimum absolute atomic E-state index is 0.502. The summed E-state index contributed by atoms with van der Waals surface area (Å²) in [5.41, 5.74) is 5.67. The second-order valence-corrected chi connectivity index (χ2v) is 5.13. The molecular formula is C11H10BrN3S. The van der Waals surface area contributed by atoms with Crippen LogP contribution in [0.25, 0.3) is 0 Å². The Balaban J connectivity index is 2.30. The highest BCUT2D eigenvalue weighted by molar-refractivity contribution is 9.10. The summed E-state index contributed by atoms with van der Waals surface area (Å²) < 4.78 is 1.05. The van der Waals surface area contributed by atoms with Crippen molar-refractivity contribution < 1.29 is 0 Å². The molecule has 0 amide bonds. The molecular weight excluding hydrogens is 286 g/mol. The van der Waals surface area contributed by atoms with Crippen LogP contribution < -0.4 is 5.73 Å². The molecule has 82 valence electrons. The maximum Gasteiger partial charge on any atom is 0.128 e. The fourth-order valence-electron chi connectivity index (χ4n) is 1.25. The van der Waals surface area contributed by atoms with Gasteiger partial charge in [0.2, 0.25) is 0 Å². The lowest BCUT2D eigenvalue weighted by Crippen LogP contribution is -1.96. The van der Waals surface area contributed by atoms with Gasteiger partial charge in [0.1, 0.15) is 16.7 Å². The second kappa shape index (κ2) is 4.84. The largest absolute Gasteiger partial charge is 0.384 e. The number of nitrogens with two attached hydrogens (primary N) is 1. The van der Waals surface area contributed by atoms with E-state index in [2.05, 4.69) is 25.9 Å². The lowest BCUT2D eigenvalue weighted by atomic mass is 10.4. The predicted molar refractivity (Wildman–Crippen MR) is 69.4 cm³/mol. The van der Waals surface area contributed by atoms with E-state index in [-0.39, 0.29) is 0 Å². The van der Waals surface area contributed by atoms with Crippen molar-refractivity contribution in [1.29, 1.82) is 0 Å². The summed E-state index contributed by atoms with van der Waals surface area (Å²) in [5.74, 6) is 1.19. The number of nitrogen functional groups attached to an aromatic ring is 1. The van der Waals surface area contributed by atoms with Crippen molar-refractivity contribution in [2.24, 2.45) is 0 Å². The quantitative estimate of drug-likeness (QED) is 0.864. The van der Waals surface area contributed by atoms with Gasteiger partial charge < -0.3 is 5.73 Å². The third-order valence-electron chi connectivity index (χ3n) is 1.89. The maximum atomic E-state index is 5.67. The summed E-state index contributed by atoms with van der Waals surface area (Å²) in [6.45, 7) is 1.83. The van der Waals surface area contributed by atoms with Gasteiger partial charge in [0, 0.05) is 15.4 Å². The van der Waals surface area contributed by atoms with Gasteiger partial charge in [-0.3, -0.25) is 0 Å². The second-order valence-electron chi connectivity index (χ2n) is 3.21. The highest BCUT2D eigenvalue weighted by Crippen LogP contribution is 2.32. The van der Waals surface area contributed by atoms with E-state index in [0.717, 1.165) is 14.4 Å². The van der Waals surface area contributed by atoms with E-state index < -0.39 is 0 Å². The fourth-order valence-corrected chi connectivity index (χ4v) is 2.68. The minimum Gasteiger partial charge on any atom is -0.384 e. The normalized spacial score (nSPS) is 10.4. The van der Waals surface area contributed by atoms with E-state index in [9.17, 15) is 0 Å². The molecule has 1 aromatic carbocycles. The van der Waals surface area contributed by atoms with Crippen molar-refractivity contribution in [2.45, 2.75) is 16.8 Å². The van der Waals surface area contributed by atoms with Crippen LogP contribution in [0.3, 0.4) is 0 Å². The zero-order valence-corrected chi connectivity index (χ0v) is 11.0. The smallest absolute Gasteiger partial charge is 0.128 e. The molecule has 1 heterocycles. The molecule has 0 aliphatic carbocycles. The lowest BCUT2D eigenvalue weighted by molar-refractivity contribution is 0.975. The highest BCUT2D eigenvalue weighted by Gasteiger charge is 2.04. The standard InChI is InChI=1S/C11H10BrN3S/c1-7-14-10(13)6-11(15-7)16-9-5-3-2-4-8(9)12/h2-6H,1H3,(H2,13,14,15). The molecule has 1 aromatic heterocycles. The number of aromatic nitrogens is 2. The van der Waals surface area contributed by atoms with Gasteiger partial charge in [-0.05, 0) is 35.0 Å². The first-order valence-corrected chi connectivity index (χ1v) is 6.29. The van der Waals surface area contributed by atoms with Crippen LogP contribution in [0.4, 0.5) is 5.82 Å². The first-order chi connectivity index (χ1) is 7.65. The molecule has 0 fully saturated rings. The molecule has 0 radical (unpaired) electrons. The van der Waals surface area contributed by atoms with Crippen molar-refractivity contribution >= 4 is 33.5 Å². The van der Waals surface area contributed by atoms with Gasteiger partial charge in [-0.15, -0.1) is 0 Å². The Hall–Kier alpha value is -1.07. The summed E-state index contributed by atoms with van der Waals surface area (Å²) in [4.78, 5) is 9.47. The van der Waals surface area contributed by atoms with Crippen molar-refractivity contribution in [1.82, 2.24) is 9.97 Å². The number of aryl methyl sites for hydroxylation is 1. The van der Waals surface area contributed by atoms with Crippen LogP contribution in [0.5, 0.6) is 0 Å². The Morgan fingerprint density at radius 1 is 1.25 bits per heavy atom. The van der Waals surface area contributed by atoms with Gasteiger partial charge in [-0.1, -0.05) is 23.9 Å². The van der Waals surface area contributed by atoms with Crippen LogP contribution in [-0.4, -0.2) is 9.97 Å². The summed E-state index contributed by atoms with van der Waals surface area (Å²) in [5, 5.41) is 0.858. The van der Waals surface area contributed by atoms with Crippen LogP contribution in [0.1, 0.15) is 5.82 Å². The molecule has 0 saturated carbocycles. The summed E-state index contributed by atoms with van der Waals surface area (Å²) in [6, 6.07) is 9.78. The SMILES string of the molecule is Cc1nc(N)cc(Sc2ccccc2Br)n1. The average molecular weight is 296 g/mol. The number of halogens is 1. The summed E-state index contributed by atoms with van der Waals surface area (Å²) in [7, 11) is 0. The molecule has 0 atom stereocenters. The topological polar surface area (TPSA) is 51.8 Å². The number of rotatable bonds is 2. The molecule has 2 N–H and O–H groups in total. The number of benzene rings is 1. The van der Waals surface area contributed by atoms with Crippen LogP contribution in [-0.2, 0) is 0 Å². The highest BCUT2D eigenvalue weighted by atomic mass is 79.9. The lowest BCUT2D eigenvalue weighted by Gasteiger charge is -2.04. The van der Waals surface area contributed by atoms with E-state index >= 15 is 0 Å². The minimum atomic E-state index is 0.502. The van der Waals surface area contributed by atoms with Crippen molar-refractivity contribution in [2.75, 3.05) is 5.73 Å². The zero-order valence-electron chi connectivity index (χ0n) is 8.64. The fraction of sp³-hybridized carbons (Fsp3) is 0.0909. The van der Waals surface area contributed by atoms with E-state index in [1.54, 1.807) is 17.8 Å². The Kier molecular flexibility index (Phi) is 3.46. The number of hydrogen-bond donors (Lipinski definition) is 1. The number of anilines is 1. The summed E-state index contributed by atoms with van der Waals surface area (Å²) >= 11 is 5.06. The molecule has 0 spiro atoms. The van der Waals surface area contributed by atoms with E-state index in [1.807, 2.05) is 31.2 Å². The average Bonchev–Trinajstić information content (AvgIpc) is 2.20. The first kappa shape index (κ1) is 11.4. The summed E-state index contributed by atoms with van der Waals surface area (Å²) in [6.07, 6.45) is 0. The molecule has 0 bridgehead atoms. The predicted octanol–water partition coefficient (Wildman–Crippen LogP) is 3.28. The van der Waals surface area contributed by atoms with Crippen LogP contribution >= 0.6 is 27.7 Å². The van der Waals surface area contributed by atoms with Crippen molar-refractivity contribution in [3.63, 3.8) is 0 Å². The zero-order chi connectivity index (χ0) is 11.5. The third-order valence-corrected chi connectivity index (χ3v) is 3.83. The molecule has 0 aliphatic rings. The molecule has 5 heteroatoms. The van der Waals surface area contributed by atoms with Crippen LogP contribution in [0.15, 0.2) is 44.7 Å². The van der Waals surface area contributed by atoms with Gasteiger partial charge in [0.05, 0.1) is 0 Å². The van der Waals surface area contributed by atoms with E-state index in [1.165, 1.54) is 0 Å². The number of hydrogen-bond acceptors (Lipinski definition) is 4. The van der Waals surface area contributed by atoms with Crippen molar-refractivity contribution in [3.05, 3.63) is 40.6 Å². The molecule has 16 heavy (non-hydrogen) atoms. The van der Waals surface area contributed by atoms with Crippen LogP contribution in [0.2, 0.25) is 0 Å². The molecule has 2 rings (SSSR count). The Morgan fingerprint density at radius 2 is 2.00 bits per heavy atom. The molecule has 0 unspecified atom stereocenters. The number of nitrogens with zero attached hydrogens (tertiary/aromatic N) is 2. The van der Waals surface area contributed by atoms with Gasteiger partial charge in [-0.25, -0.2) is 9.97 Å². The Morgan fingerprint density at radius 3 is 2.69 bits per heavy atom. The van der Waals surface area contributed by atoms with Gasteiger partial charge in [-0.2, -0.15) is 0 Å². The molecule has 0 aliphatic heterocycles. The Labute approximate surface area is 107 Å². The maximum absolute atomic E-state index is 5.67. The van der Waals surface area contributed by atoms with E-state index in [4.69, 9.17) is 5.73 Å². The van der Waals surface area contributed by atoms with Gasteiger partial charge in [0.25, 0.3) is 0 Å². The molecule has 2 aromatic rings. The molecule has 3 nitrogen and oxygen atoms in total. The van der Waals surface area contributed by atoms with Crippen molar-refractivity contribution in [3.8, 4) is 0 Å². The Bertz CT molecular complexity index is 496. The molecule has 0 saturated heterocycles. The van der Waals surface area contributed by atoms with Gasteiger partial charge >= 0.3 is 0 Å². The first-order valence-electron chi connectivity index (χ1n) is 4.69. The van der Waals surface area contributed by atoms with E-state index in [0.29, 0.717) is 11.6 Å². The monoisotopic (exact) mass is 295 g/mol. The van der Waals surface area contributed by atoms with Crippen LogP contribution in [0, 0.1) is 6.92 Å².